The summed E-state index contributed by atoms with van der Waals surface area (Å²) in [6, 6.07) is 4.20. The molecule has 0 bridgehead atoms. The maximum atomic E-state index is 10.5. The molecule has 1 aromatic carbocycles. The van der Waals surface area contributed by atoms with Crippen molar-refractivity contribution in [2.75, 3.05) is 19.8 Å². The van der Waals surface area contributed by atoms with E-state index < -0.39 is 5.60 Å². The van der Waals surface area contributed by atoms with Gasteiger partial charge in [-0.3, -0.25) is 0 Å². The molecule has 1 aromatic rings. The van der Waals surface area contributed by atoms with Gasteiger partial charge in [0.05, 0.1) is 12.7 Å². The molecule has 2 unspecified atom stereocenters. The topological polar surface area (TPSA) is 50.7 Å². The molecule has 1 saturated heterocycles. The molecule has 0 radical (unpaired) electrons. The first-order chi connectivity index (χ1) is 9.58. The first-order valence-electron chi connectivity index (χ1n) is 7.07. The molecular formula is C15H20BrNO3. The van der Waals surface area contributed by atoms with E-state index in [0.29, 0.717) is 26.1 Å². The number of fused-ring (bicyclic) bond motifs is 1. The van der Waals surface area contributed by atoms with E-state index in [2.05, 4.69) is 33.4 Å². The quantitative estimate of drug-likeness (QED) is 0.879. The van der Waals surface area contributed by atoms with Gasteiger partial charge in [-0.15, -0.1) is 0 Å². The van der Waals surface area contributed by atoms with Crippen LogP contribution in [0.25, 0.3) is 0 Å². The number of ether oxygens (including phenoxy) is 2. The number of benzene rings is 1. The van der Waals surface area contributed by atoms with Crippen LogP contribution in [0.3, 0.4) is 0 Å². The minimum atomic E-state index is -0.754. The monoisotopic (exact) mass is 341 g/mol. The van der Waals surface area contributed by atoms with Crippen molar-refractivity contribution in [3.05, 3.63) is 27.7 Å². The van der Waals surface area contributed by atoms with Crippen LogP contribution in [0.4, 0.5) is 0 Å². The van der Waals surface area contributed by atoms with Crippen LogP contribution >= 0.6 is 15.9 Å². The van der Waals surface area contributed by atoms with Gasteiger partial charge in [0.2, 0.25) is 0 Å². The van der Waals surface area contributed by atoms with Crippen LogP contribution < -0.4 is 10.1 Å². The summed E-state index contributed by atoms with van der Waals surface area (Å²) in [4.78, 5) is 0. The Morgan fingerprint density at radius 1 is 1.45 bits per heavy atom. The maximum absolute atomic E-state index is 10.5. The molecule has 110 valence electrons. The SMILES string of the molecule is CC1OCCC1(O)CNCc1cc(Br)cc2c1OCC2. The third-order valence-corrected chi connectivity index (χ3v) is 4.69. The van der Waals surface area contributed by atoms with E-state index in [1.165, 1.54) is 5.56 Å². The summed E-state index contributed by atoms with van der Waals surface area (Å²) >= 11 is 3.54. The van der Waals surface area contributed by atoms with Crippen LogP contribution in [-0.2, 0) is 17.7 Å². The fraction of sp³-hybridized carbons (Fsp3) is 0.600. The average molecular weight is 342 g/mol. The summed E-state index contributed by atoms with van der Waals surface area (Å²) < 4.78 is 12.2. The molecule has 20 heavy (non-hydrogen) atoms. The summed E-state index contributed by atoms with van der Waals surface area (Å²) in [6.07, 6.45) is 1.55. The van der Waals surface area contributed by atoms with E-state index in [-0.39, 0.29) is 6.10 Å². The lowest BCUT2D eigenvalue weighted by Gasteiger charge is -2.26. The molecule has 4 nitrogen and oxygen atoms in total. The molecule has 2 heterocycles. The molecule has 2 aliphatic heterocycles. The molecule has 2 aliphatic rings. The lowest BCUT2D eigenvalue weighted by atomic mass is 9.96. The lowest BCUT2D eigenvalue weighted by Crippen LogP contribution is -2.45. The van der Waals surface area contributed by atoms with Crippen molar-refractivity contribution < 1.29 is 14.6 Å². The van der Waals surface area contributed by atoms with Gasteiger partial charge < -0.3 is 19.9 Å². The second-order valence-corrected chi connectivity index (χ2v) is 6.54. The lowest BCUT2D eigenvalue weighted by molar-refractivity contribution is -0.0263. The molecule has 2 N–H and O–H groups in total. The van der Waals surface area contributed by atoms with Gasteiger partial charge in [0.15, 0.2) is 0 Å². The van der Waals surface area contributed by atoms with Gasteiger partial charge in [-0.05, 0) is 24.6 Å². The zero-order valence-electron chi connectivity index (χ0n) is 11.6. The van der Waals surface area contributed by atoms with Gasteiger partial charge in [-0.25, -0.2) is 0 Å². The van der Waals surface area contributed by atoms with E-state index in [0.717, 1.165) is 28.8 Å². The Morgan fingerprint density at radius 2 is 2.30 bits per heavy atom. The Morgan fingerprint density at radius 3 is 3.05 bits per heavy atom. The van der Waals surface area contributed by atoms with Gasteiger partial charge in [0.25, 0.3) is 0 Å². The molecule has 1 fully saturated rings. The highest BCUT2D eigenvalue weighted by molar-refractivity contribution is 9.10. The zero-order chi connectivity index (χ0) is 14.2. The minimum Gasteiger partial charge on any atom is -0.493 e. The number of nitrogens with one attached hydrogen (secondary N) is 1. The normalized spacial score (nSPS) is 28.4. The van der Waals surface area contributed by atoms with Gasteiger partial charge in [0.1, 0.15) is 11.4 Å². The summed E-state index contributed by atoms with van der Waals surface area (Å²) in [6.45, 7) is 4.54. The van der Waals surface area contributed by atoms with Crippen molar-refractivity contribution in [2.45, 2.75) is 38.0 Å². The molecule has 0 amide bonds. The van der Waals surface area contributed by atoms with Crippen molar-refractivity contribution in [1.82, 2.24) is 5.32 Å². The number of halogens is 1. The van der Waals surface area contributed by atoms with E-state index in [9.17, 15) is 5.11 Å². The number of rotatable bonds is 4. The minimum absolute atomic E-state index is 0.112. The average Bonchev–Trinajstić information content (AvgIpc) is 2.97. The molecule has 3 rings (SSSR count). The van der Waals surface area contributed by atoms with Gasteiger partial charge in [-0.1, -0.05) is 15.9 Å². The number of aliphatic hydroxyl groups is 1. The van der Waals surface area contributed by atoms with Crippen molar-refractivity contribution in [3.8, 4) is 5.75 Å². The third-order valence-electron chi connectivity index (χ3n) is 4.23. The van der Waals surface area contributed by atoms with Crippen molar-refractivity contribution in [3.63, 3.8) is 0 Å². The van der Waals surface area contributed by atoms with Crippen LogP contribution in [0.1, 0.15) is 24.5 Å². The Labute approximate surface area is 127 Å². The standard InChI is InChI=1S/C15H20BrNO3/c1-10-15(18,3-5-19-10)9-17-8-12-7-13(16)6-11-2-4-20-14(11)12/h6-7,10,17-18H,2-5,8-9H2,1H3. The van der Waals surface area contributed by atoms with Crippen LogP contribution in [0.15, 0.2) is 16.6 Å². The summed E-state index contributed by atoms with van der Waals surface area (Å²) in [5.41, 5.74) is 1.64. The van der Waals surface area contributed by atoms with Crippen molar-refractivity contribution in [1.29, 1.82) is 0 Å². The molecule has 0 saturated carbocycles. The first-order valence-corrected chi connectivity index (χ1v) is 7.86. The van der Waals surface area contributed by atoms with E-state index in [1.54, 1.807) is 0 Å². The van der Waals surface area contributed by atoms with E-state index in [1.807, 2.05) is 6.92 Å². The van der Waals surface area contributed by atoms with Crippen LogP contribution in [0.5, 0.6) is 5.75 Å². The van der Waals surface area contributed by atoms with Crippen LogP contribution in [0, 0.1) is 0 Å². The van der Waals surface area contributed by atoms with E-state index in [4.69, 9.17) is 9.47 Å². The van der Waals surface area contributed by atoms with Crippen LogP contribution in [-0.4, -0.2) is 36.6 Å². The fourth-order valence-electron chi connectivity index (χ4n) is 2.89. The molecule has 5 heteroatoms. The highest BCUT2D eigenvalue weighted by atomic mass is 79.9. The Kier molecular flexibility index (Phi) is 4.04. The largest absolute Gasteiger partial charge is 0.493 e. The van der Waals surface area contributed by atoms with Gasteiger partial charge >= 0.3 is 0 Å². The van der Waals surface area contributed by atoms with Gasteiger partial charge in [-0.2, -0.15) is 0 Å². The highest BCUT2D eigenvalue weighted by Crippen LogP contribution is 2.33. The maximum Gasteiger partial charge on any atom is 0.127 e. The molecule has 0 spiro atoms. The molecule has 2 atom stereocenters. The first kappa shape index (κ1) is 14.3. The summed E-state index contributed by atoms with van der Waals surface area (Å²) in [5.74, 6) is 1.00. The Balaban J connectivity index is 1.65. The molecule has 0 aromatic heterocycles. The fourth-order valence-corrected chi connectivity index (χ4v) is 3.45. The summed E-state index contributed by atoms with van der Waals surface area (Å²) in [5, 5.41) is 13.8. The molecular weight excluding hydrogens is 322 g/mol. The second kappa shape index (κ2) is 5.64. The predicted molar refractivity (Wildman–Crippen MR) is 80.0 cm³/mol. The Hall–Kier alpha value is -0.620. The number of hydrogen-bond acceptors (Lipinski definition) is 4. The van der Waals surface area contributed by atoms with Gasteiger partial charge in [0, 0.05) is 42.6 Å². The van der Waals surface area contributed by atoms with E-state index >= 15 is 0 Å². The van der Waals surface area contributed by atoms with Crippen molar-refractivity contribution in [2.24, 2.45) is 0 Å². The zero-order valence-corrected chi connectivity index (χ0v) is 13.2. The van der Waals surface area contributed by atoms with Crippen molar-refractivity contribution >= 4 is 15.9 Å². The highest BCUT2D eigenvalue weighted by Gasteiger charge is 2.39. The second-order valence-electron chi connectivity index (χ2n) is 5.62. The summed E-state index contributed by atoms with van der Waals surface area (Å²) in [7, 11) is 0. The smallest absolute Gasteiger partial charge is 0.127 e. The predicted octanol–water partition coefficient (Wildman–Crippen LogP) is 2.01. The van der Waals surface area contributed by atoms with Crippen LogP contribution in [0.2, 0.25) is 0 Å². The number of hydrogen-bond donors (Lipinski definition) is 2. The third kappa shape index (κ3) is 2.72. The Bertz CT molecular complexity index is 508. The molecule has 0 aliphatic carbocycles.